The van der Waals surface area contributed by atoms with Crippen LogP contribution in [0.4, 0.5) is 0 Å². The summed E-state index contributed by atoms with van der Waals surface area (Å²) < 4.78 is 2.03. The summed E-state index contributed by atoms with van der Waals surface area (Å²) in [5.41, 5.74) is 2.68. The molecule has 0 unspecified atom stereocenters. The fourth-order valence-electron chi connectivity index (χ4n) is 2.21. The molecule has 0 bridgehead atoms. The third-order valence-electron chi connectivity index (χ3n) is 3.48. The van der Waals surface area contributed by atoms with Crippen molar-refractivity contribution in [2.75, 3.05) is 0 Å². The van der Waals surface area contributed by atoms with Gasteiger partial charge in [0.15, 0.2) is 0 Å². The Morgan fingerprint density at radius 2 is 1.39 bits per heavy atom. The van der Waals surface area contributed by atoms with Crippen LogP contribution >= 0.6 is 23.5 Å². The smallest absolute Gasteiger partial charge is 0.132 e. The number of thioether (sulfide) groups is 2. The van der Waals surface area contributed by atoms with Crippen molar-refractivity contribution in [1.82, 2.24) is 9.78 Å². The molecule has 0 fully saturated rings. The molecule has 0 aliphatic heterocycles. The van der Waals surface area contributed by atoms with Crippen LogP contribution in [0.15, 0.2) is 76.8 Å². The number of rotatable bonds is 7. The fraction of sp³-hybridized carbons (Fsp3) is 0.211. The van der Waals surface area contributed by atoms with Crippen LogP contribution in [0.3, 0.4) is 0 Å². The van der Waals surface area contributed by atoms with Crippen LogP contribution in [0.1, 0.15) is 18.1 Å². The van der Waals surface area contributed by atoms with E-state index in [0.29, 0.717) is 0 Å². The lowest BCUT2D eigenvalue weighted by molar-refractivity contribution is 0.641. The first kappa shape index (κ1) is 16.2. The molecule has 0 spiro atoms. The molecule has 2 nitrogen and oxygen atoms in total. The van der Waals surface area contributed by atoms with Gasteiger partial charge in [-0.1, -0.05) is 72.4 Å². The van der Waals surface area contributed by atoms with Crippen molar-refractivity contribution in [3.8, 4) is 0 Å². The van der Waals surface area contributed by atoms with Gasteiger partial charge in [0.1, 0.15) is 5.03 Å². The Balaban J connectivity index is 1.68. The molecule has 0 atom stereocenters. The lowest BCUT2D eigenvalue weighted by atomic mass is 10.2. The highest BCUT2D eigenvalue weighted by Gasteiger charge is 2.10. The fourth-order valence-corrected chi connectivity index (χ4v) is 4.29. The van der Waals surface area contributed by atoms with E-state index < -0.39 is 0 Å². The normalized spacial score (nSPS) is 10.8. The minimum Gasteiger partial charge on any atom is -0.271 e. The second-order valence-corrected chi connectivity index (χ2v) is 7.18. The quantitative estimate of drug-likeness (QED) is 0.530. The molecule has 0 N–H and O–H groups in total. The van der Waals surface area contributed by atoms with Gasteiger partial charge in [0.2, 0.25) is 0 Å². The van der Waals surface area contributed by atoms with Crippen LogP contribution in [0.5, 0.6) is 0 Å². The molecule has 118 valence electrons. The van der Waals surface area contributed by atoms with E-state index in [4.69, 9.17) is 5.10 Å². The molecule has 1 heterocycles. The van der Waals surface area contributed by atoms with Gasteiger partial charge in [-0.25, -0.2) is 0 Å². The Hall–Kier alpha value is -1.65. The van der Waals surface area contributed by atoms with Crippen molar-refractivity contribution in [3.05, 3.63) is 78.0 Å². The van der Waals surface area contributed by atoms with Crippen LogP contribution in [0, 0.1) is 0 Å². The molecule has 0 aliphatic carbocycles. The van der Waals surface area contributed by atoms with E-state index in [9.17, 15) is 0 Å². The Bertz CT molecular complexity index is 663. The Kier molecular flexibility index (Phi) is 5.83. The SMILES string of the molecule is CCn1cc(SCc2ccccc2)c(SCc2ccccc2)n1. The number of nitrogens with zero attached hydrogens (tertiary/aromatic N) is 2. The summed E-state index contributed by atoms with van der Waals surface area (Å²) in [4.78, 5) is 1.27. The second-order valence-electron chi connectivity index (χ2n) is 5.20. The number of aromatic nitrogens is 2. The summed E-state index contributed by atoms with van der Waals surface area (Å²) >= 11 is 3.69. The molecule has 0 saturated carbocycles. The average Bonchev–Trinajstić information content (AvgIpc) is 3.02. The summed E-state index contributed by atoms with van der Waals surface area (Å²) in [6.07, 6.45) is 2.17. The molecule has 0 saturated heterocycles. The third-order valence-corrected chi connectivity index (χ3v) is 5.75. The standard InChI is InChI=1S/C19H20N2S2/c1-2-21-13-18(22-14-16-9-5-3-6-10-16)19(20-21)23-15-17-11-7-4-8-12-17/h3-13H,2,14-15H2,1H3. The van der Waals surface area contributed by atoms with Crippen molar-refractivity contribution in [1.29, 1.82) is 0 Å². The van der Waals surface area contributed by atoms with Crippen LogP contribution in [-0.2, 0) is 18.1 Å². The molecule has 0 aliphatic rings. The number of benzene rings is 2. The summed E-state index contributed by atoms with van der Waals surface area (Å²) in [5, 5.41) is 5.85. The van der Waals surface area contributed by atoms with E-state index in [0.717, 1.165) is 23.1 Å². The Morgan fingerprint density at radius 3 is 1.96 bits per heavy atom. The molecule has 4 heteroatoms. The van der Waals surface area contributed by atoms with Crippen LogP contribution in [0.2, 0.25) is 0 Å². The highest BCUT2D eigenvalue weighted by atomic mass is 32.2. The van der Waals surface area contributed by atoms with Gasteiger partial charge in [-0.15, -0.1) is 11.8 Å². The number of hydrogen-bond acceptors (Lipinski definition) is 3. The third kappa shape index (κ3) is 4.66. The molecule has 3 aromatic rings. The van der Waals surface area contributed by atoms with Gasteiger partial charge >= 0.3 is 0 Å². The largest absolute Gasteiger partial charge is 0.271 e. The second kappa shape index (κ2) is 8.27. The van der Waals surface area contributed by atoms with Gasteiger partial charge < -0.3 is 0 Å². The first-order valence-electron chi connectivity index (χ1n) is 7.76. The van der Waals surface area contributed by atoms with E-state index in [2.05, 4.69) is 73.8 Å². The molecular formula is C19H20N2S2. The zero-order chi connectivity index (χ0) is 15.9. The molecule has 23 heavy (non-hydrogen) atoms. The summed E-state index contributed by atoms with van der Waals surface area (Å²) in [5.74, 6) is 1.94. The predicted molar refractivity (Wildman–Crippen MR) is 99.9 cm³/mol. The first-order valence-corrected chi connectivity index (χ1v) is 9.73. The van der Waals surface area contributed by atoms with E-state index in [1.165, 1.54) is 16.0 Å². The Morgan fingerprint density at radius 1 is 0.826 bits per heavy atom. The van der Waals surface area contributed by atoms with Crippen molar-refractivity contribution < 1.29 is 0 Å². The van der Waals surface area contributed by atoms with Gasteiger partial charge in [-0.3, -0.25) is 4.68 Å². The minimum absolute atomic E-state index is 0.908. The maximum absolute atomic E-state index is 4.71. The summed E-state index contributed by atoms with van der Waals surface area (Å²) in [7, 11) is 0. The lowest BCUT2D eigenvalue weighted by Gasteiger charge is -2.03. The van der Waals surface area contributed by atoms with Crippen LogP contribution < -0.4 is 0 Å². The van der Waals surface area contributed by atoms with Gasteiger partial charge in [-0.2, -0.15) is 5.10 Å². The summed E-state index contributed by atoms with van der Waals surface area (Å²) in [6.45, 7) is 3.04. The minimum atomic E-state index is 0.908. The molecule has 0 radical (unpaired) electrons. The van der Waals surface area contributed by atoms with Gasteiger partial charge in [0.25, 0.3) is 0 Å². The highest BCUT2D eigenvalue weighted by Crippen LogP contribution is 2.33. The highest BCUT2D eigenvalue weighted by molar-refractivity contribution is 8.01. The van der Waals surface area contributed by atoms with E-state index in [1.807, 2.05) is 28.2 Å². The molecular weight excluding hydrogens is 320 g/mol. The van der Waals surface area contributed by atoms with Crippen molar-refractivity contribution in [2.45, 2.75) is 34.9 Å². The van der Waals surface area contributed by atoms with E-state index in [-0.39, 0.29) is 0 Å². The van der Waals surface area contributed by atoms with E-state index >= 15 is 0 Å². The maximum atomic E-state index is 4.71. The van der Waals surface area contributed by atoms with Crippen molar-refractivity contribution >= 4 is 23.5 Å². The summed E-state index contributed by atoms with van der Waals surface area (Å²) in [6, 6.07) is 21.2. The van der Waals surface area contributed by atoms with Gasteiger partial charge in [0.05, 0.1) is 4.90 Å². The zero-order valence-electron chi connectivity index (χ0n) is 13.2. The van der Waals surface area contributed by atoms with Crippen molar-refractivity contribution in [2.24, 2.45) is 0 Å². The maximum Gasteiger partial charge on any atom is 0.132 e. The number of hydrogen-bond donors (Lipinski definition) is 0. The topological polar surface area (TPSA) is 17.8 Å². The molecule has 2 aromatic carbocycles. The molecule has 0 amide bonds. The van der Waals surface area contributed by atoms with Gasteiger partial charge in [-0.05, 0) is 18.1 Å². The first-order chi connectivity index (χ1) is 11.3. The monoisotopic (exact) mass is 340 g/mol. The van der Waals surface area contributed by atoms with Crippen molar-refractivity contribution in [3.63, 3.8) is 0 Å². The Labute approximate surface area is 146 Å². The lowest BCUT2D eigenvalue weighted by Crippen LogP contribution is -1.93. The molecule has 3 rings (SSSR count). The van der Waals surface area contributed by atoms with Crippen LogP contribution in [0.25, 0.3) is 0 Å². The van der Waals surface area contributed by atoms with Gasteiger partial charge in [0, 0.05) is 24.2 Å². The average molecular weight is 341 g/mol. The number of aryl methyl sites for hydroxylation is 1. The zero-order valence-corrected chi connectivity index (χ0v) is 14.8. The predicted octanol–water partition coefficient (Wildman–Crippen LogP) is 5.49. The molecule has 1 aromatic heterocycles. The van der Waals surface area contributed by atoms with E-state index in [1.54, 1.807) is 0 Å². The van der Waals surface area contributed by atoms with Crippen LogP contribution in [-0.4, -0.2) is 9.78 Å².